The summed E-state index contributed by atoms with van der Waals surface area (Å²) in [5.74, 6) is -0.328. The van der Waals surface area contributed by atoms with Crippen molar-refractivity contribution in [2.75, 3.05) is 13.1 Å². The molecule has 0 spiro atoms. The molecule has 138 valence electrons. The summed E-state index contributed by atoms with van der Waals surface area (Å²) in [6.45, 7) is 0.860. The van der Waals surface area contributed by atoms with E-state index in [-0.39, 0.29) is 5.82 Å². The fraction of sp³-hybridized carbons (Fsp3) is 0.200. The molecule has 0 unspecified atom stereocenters. The third-order valence-corrected chi connectivity index (χ3v) is 5.90. The summed E-state index contributed by atoms with van der Waals surface area (Å²) < 4.78 is 15.1. The number of hydrogen-bond acceptors (Lipinski definition) is 3. The number of nitrogens with zero attached hydrogens (tertiary/aromatic N) is 2. The molecule has 0 saturated carbocycles. The minimum absolute atomic E-state index is 0.328. The van der Waals surface area contributed by atoms with Gasteiger partial charge in [-0.3, -0.25) is 0 Å². The van der Waals surface area contributed by atoms with Crippen molar-refractivity contribution in [3.05, 3.63) is 69.4 Å². The van der Waals surface area contributed by atoms with E-state index in [0.29, 0.717) is 36.5 Å². The van der Waals surface area contributed by atoms with Gasteiger partial charge in [-0.1, -0.05) is 35.9 Å². The molecule has 27 heavy (non-hydrogen) atoms. The molecular formula is C20H16ClFN2O2S. The number of carboxylic acid groups (broad SMARTS) is 1. The van der Waals surface area contributed by atoms with Gasteiger partial charge in [-0.25, -0.2) is 14.2 Å². The first-order valence-electron chi connectivity index (χ1n) is 8.51. The standard InChI is InChI=1S/C20H16ClFN2O2S/c21-14-5-4-13(16(22)11-14)10-18-23-19-15(2-1-3-17(19)27-18)12-6-8-24(9-7-12)20(25)26/h1-6,11H,7-10H2,(H,25,26). The lowest BCUT2D eigenvalue weighted by molar-refractivity contribution is 0.150. The number of benzene rings is 2. The van der Waals surface area contributed by atoms with Crippen LogP contribution in [0.2, 0.25) is 5.02 Å². The van der Waals surface area contributed by atoms with Crippen LogP contribution in [0.5, 0.6) is 0 Å². The van der Waals surface area contributed by atoms with Gasteiger partial charge in [0.1, 0.15) is 5.82 Å². The number of hydrogen-bond donors (Lipinski definition) is 1. The number of fused-ring (bicyclic) bond motifs is 1. The molecule has 0 fully saturated rings. The molecule has 1 amide bonds. The molecule has 0 radical (unpaired) electrons. The molecule has 2 aromatic carbocycles. The van der Waals surface area contributed by atoms with Gasteiger partial charge in [-0.2, -0.15) is 0 Å². The highest BCUT2D eigenvalue weighted by atomic mass is 35.5. The molecule has 1 aromatic heterocycles. The Hall–Kier alpha value is -2.44. The fourth-order valence-electron chi connectivity index (χ4n) is 3.24. The summed E-state index contributed by atoms with van der Waals surface area (Å²) in [7, 11) is 0. The van der Waals surface area contributed by atoms with Crippen LogP contribution in [0.3, 0.4) is 0 Å². The summed E-state index contributed by atoms with van der Waals surface area (Å²) >= 11 is 7.37. The lowest BCUT2D eigenvalue weighted by Gasteiger charge is -2.23. The monoisotopic (exact) mass is 402 g/mol. The highest BCUT2D eigenvalue weighted by Gasteiger charge is 2.19. The molecular weight excluding hydrogens is 387 g/mol. The zero-order valence-electron chi connectivity index (χ0n) is 14.3. The van der Waals surface area contributed by atoms with E-state index in [1.165, 1.54) is 11.0 Å². The minimum atomic E-state index is -0.899. The molecule has 0 aliphatic carbocycles. The summed E-state index contributed by atoms with van der Waals surface area (Å²) in [6.07, 6.45) is 2.12. The Morgan fingerprint density at radius 1 is 1.33 bits per heavy atom. The highest BCUT2D eigenvalue weighted by Crippen LogP contribution is 2.33. The quantitative estimate of drug-likeness (QED) is 0.634. The van der Waals surface area contributed by atoms with Crippen molar-refractivity contribution in [2.24, 2.45) is 0 Å². The van der Waals surface area contributed by atoms with Crippen molar-refractivity contribution >= 4 is 44.8 Å². The maximum atomic E-state index is 14.1. The Morgan fingerprint density at radius 2 is 2.19 bits per heavy atom. The Balaban J connectivity index is 1.65. The molecule has 1 aliphatic heterocycles. The van der Waals surface area contributed by atoms with Crippen LogP contribution < -0.4 is 0 Å². The van der Waals surface area contributed by atoms with Gasteiger partial charge in [0.15, 0.2) is 0 Å². The average Bonchev–Trinajstić information content (AvgIpc) is 3.06. The summed E-state index contributed by atoms with van der Waals surface area (Å²) in [6, 6.07) is 10.7. The normalized spacial score (nSPS) is 14.4. The topological polar surface area (TPSA) is 53.4 Å². The van der Waals surface area contributed by atoms with E-state index in [4.69, 9.17) is 21.7 Å². The van der Waals surface area contributed by atoms with Crippen LogP contribution in [0.25, 0.3) is 15.8 Å². The number of thiazole rings is 1. The first-order chi connectivity index (χ1) is 13.0. The second kappa shape index (κ2) is 7.29. The zero-order valence-corrected chi connectivity index (χ0v) is 15.9. The van der Waals surface area contributed by atoms with E-state index in [9.17, 15) is 9.18 Å². The molecule has 1 N–H and O–H groups in total. The van der Waals surface area contributed by atoms with Crippen LogP contribution in [0, 0.1) is 5.82 Å². The van der Waals surface area contributed by atoms with E-state index in [0.717, 1.165) is 26.4 Å². The number of para-hydroxylation sites is 1. The maximum Gasteiger partial charge on any atom is 0.407 e. The number of rotatable bonds is 3. The van der Waals surface area contributed by atoms with Gasteiger partial charge in [-0.15, -0.1) is 11.3 Å². The van der Waals surface area contributed by atoms with Gasteiger partial charge in [-0.05, 0) is 35.8 Å². The highest BCUT2D eigenvalue weighted by molar-refractivity contribution is 7.18. The van der Waals surface area contributed by atoms with Crippen LogP contribution in [-0.2, 0) is 6.42 Å². The van der Waals surface area contributed by atoms with Crippen LogP contribution in [-0.4, -0.2) is 34.2 Å². The number of aromatic nitrogens is 1. The molecule has 2 heterocycles. The second-order valence-corrected chi connectivity index (χ2v) is 7.93. The lowest BCUT2D eigenvalue weighted by atomic mass is 9.98. The zero-order chi connectivity index (χ0) is 19.0. The van der Waals surface area contributed by atoms with Gasteiger partial charge in [0.25, 0.3) is 0 Å². The lowest BCUT2D eigenvalue weighted by Crippen LogP contribution is -2.33. The van der Waals surface area contributed by atoms with Crippen molar-refractivity contribution in [2.45, 2.75) is 12.8 Å². The third kappa shape index (κ3) is 3.68. The van der Waals surface area contributed by atoms with Crippen molar-refractivity contribution in [3.8, 4) is 0 Å². The van der Waals surface area contributed by atoms with Gasteiger partial charge in [0.2, 0.25) is 0 Å². The van der Waals surface area contributed by atoms with Crippen molar-refractivity contribution in [1.29, 1.82) is 0 Å². The van der Waals surface area contributed by atoms with Crippen molar-refractivity contribution in [1.82, 2.24) is 9.88 Å². The van der Waals surface area contributed by atoms with Gasteiger partial charge in [0.05, 0.1) is 15.2 Å². The molecule has 3 aromatic rings. The number of halogens is 2. The van der Waals surface area contributed by atoms with E-state index >= 15 is 0 Å². The van der Waals surface area contributed by atoms with Crippen LogP contribution >= 0.6 is 22.9 Å². The SMILES string of the molecule is O=C(O)N1CC=C(c2cccc3sc(Cc4ccc(Cl)cc4F)nc23)CC1. The summed E-state index contributed by atoms with van der Waals surface area (Å²) in [5, 5.41) is 10.3. The van der Waals surface area contributed by atoms with Gasteiger partial charge < -0.3 is 10.0 Å². The minimum Gasteiger partial charge on any atom is -0.465 e. The van der Waals surface area contributed by atoms with Crippen LogP contribution in [0.1, 0.15) is 22.6 Å². The molecule has 4 nitrogen and oxygen atoms in total. The van der Waals surface area contributed by atoms with Gasteiger partial charge >= 0.3 is 6.09 Å². The van der Waals surface area contributed by atoms with Crippen LogP contribution in [0.4, 0.5) is 9.18 Å². The number of amides is 1. The summed E-state index contributed by atoms with van der Waals surface area (Å²) in [4.78, 5) is 17.2. The fourth-order valence-corrected chi connectivity index (χ4v) is 4.42. The van der Waals surface area contributed by atoms with Crippen LogP contribution in [0.15, 0.2) is 42.5 Å². The molecule has 0 bridgehead atoms. The average molecular weight is 403 g/mol. The van der Waals surface area contributed by atoms with E-state index in [1.54, 1.807) is 23.5 Å². The molecule has 0 saturated heterocycles. The smallest absolute Gasteiger partial charge is 0.407 e. The Kier molecular flexibility index (Phi) is 4.85. The first kappa shape index (κ1) is 17.9. The van der Waals surface area contributed by atoms with Crippen molar-refractivity contribution < 1.29 is 14.3 Å². The van der Waals surface area contributed by atoms with E-state index in [1.807, 2.05) is 24.3 Å². The number of carbonyl (C=O) groups is 1. The van der Waals surface area contributed by atoms with Crippen molar-refractivity contribution in [3.63, 3.8) is 0 Å². The van der Waals surface area contributed by atoms with E-state index in [2.05, 4.69) is 0 Å². The molecule has 4 rings (SSSR count). The predicted molar refractivity (Wildman–Crippen MR) is 106 cm³/mol. The third-order valence-electron chi connectivity index (χ3n) is 4.65. The predicted octanol–water partition coefficient (Wildman–Crippen LogP) is 5.45. The molecule has 0 atom stereocenters. The Bertz CT molecular complexity index is 1060. The first-order valence-corrected chi connectivity index (χ1v) is 9.70. The van der Waals surface area contributed by atoms with E-state index < -0.39 is 6.09 Å². The Labute approximate surface area is 164 Å². The summed E-state index contributed by atoms with van der Waals surface area (Å²) in [5.41, 5.74) is 3.58. The maximum absolute atomic E-state index is 14.1. The molecule has 1 aliphatic rings. The molecule has 7 heteroatoms. The second-order valence-electron chi connectivity index (χ2n) is 6.38. The Morgan fingerprint density at radius 3 is 2.89 bits per heavy atom. The largest absolute Gasteiger partial charge is 0.465 e. The van der Waals surface area contributed by atoms with Gasteiger partial charge in [0, 0.05) is 30.1 Å².